The SMILES string of the molecule is O=C(O)CC=Cc1ccc(OC(F)F)cc1. The molecule has 0 bridgehead atoms. The fraction of sp³-hybridized carbons (Fsp3) is 0.182. The summed E-state index contributed by atoms with van der Waals surface area (Å²) in [5.41, 5.74) is 0.725. The highest BCUT2D eigenvalue weighted by Gasteiger charge is 2.02. The minimum absolute atomic E-state index is 0.0741. The Morgan fingerprint density at radius 1 is 1.38 bits per heavy atom. The van der Waals surface area contributed by atoms with Crippen molar-refractivity contribution in [2.24, 2.45) is 0 Å². The second kappa shape index (κ2) is 5.85. The van der Waals surface area contributed by atoms with Crippen molar-refractivity contribution < 1.29 is 23.4 Å². The second-order valence-electron chi connectivity index (χ2n) is 2.95. The van der Waals surface area contributed by atoms with Crippen LogP contribution in [0.1, 0.15) is 12.0 Å². The quantitative estimate of drug-likeness (QED) is 0.842. The molecule has 0 saturated carbocycles. The van der Waals surface area contributed by atoms with Crippen LogP contribution in [0.3, 0.4) is 0 Å². The number of alkyl halides is 2. The Kier molecular flexibility index (Phi) is 4.44. The number of benzene rings is 1. The molecule has 0 aliphatic carbocycles. The van der Waals surface area contributed by atoms with Gasteiger partial charge in [0, 0.05) is 0 Å². The smallest absolute Gasteiger partial charge is 0.387 e. The van der Waals surface area contributed by atoms with Crippen LogP contribution in [0, 0.1) is 0 Å². The molecule has 0 amide bonds. The summed E-state index contributed by atoms with van der Waals surface area (Å²) in [5.74, 6) is -0.848. The maximum absolute atomic E-state index is 11.8. The van der Waals surface area contributed by atoms with E-state index in [9.17, 15) is 13.6 Å². The largest absolute Gasteiger partial charge is 0.481 e. The molecule has 0 atom stereocenters. The first-order chi connectivity index (χ1) is 7.58. The summed E-state index contributed by atoms with van der Waals surface area (Å²) in [4.78, 5) is 10.2. The number of aliphatic carboxylic acids is 1. The average molecular weight is 228 g/mol. The van der Waals surface area contributed by atoms with Crippen molar-refractivity contribution >= 4 is 12.0 Å². The highest BCUT2D eigenvalue weighted by molar-refractivity contribution is 5.70. The molecule has 0 fully saturated rings. The molecule has 0 spiro atoms. The normalized spacial score (nSPS) is 10.9. The van der Waals surface area contributed by atoms with Gasteiger partial charge in [0.15, 0.2) is 0 Å². The molecule has 0 radical (unpaired) electrons. The summed E-state index contributed by atoms with van der Waals surface area (Å²) < 4.78 is 27.8. The lowest BCUT2D eigenvalue weighted by atomic mass is 10.2. The Morgan fingerprint density at radius 2 is 2.00 bits per heavy atom. The van der Waals surface area contributed by atoms with Gasteiger partial charge in [-0.05, 0) is 17.7 Å². The molecule has 0 unspecified atom stereocenters. The van der Waals surface area contributed by atoms with Gasteiger partial charge >= 0.3 is 12.6 Å². The van der Waals surface area contributed by atoms with Crippen LogP contribution in [0.2, 0.25) is 0 Å². The zero-order valence-electron chi connectivity index (χ0n) is 8.27. The molecule has 16 heavy (non-hydrogen) atoms. The topological polar surface area (TPSA) is 46.5 Å². The maximum Gasteiger partial charge on any atom is 0.387 e. The molecule has 86 valence electrons. The van der Waals surface area contributed by atoms with Gasteiger partial charge in [0.25, 0.3) is 0 Å². The van der Waals surface area contributed by atoms with Crippen LogP contribution in [0.4, 0.5) is 8.78 Å². The van der Waals surface area contributed by atoms with E-state index in [1.807, 2.05) is 0 Å². The molecule has 0 aliphatic heterocycles. The van der Waals surface area contributed by atoms with Gasteiger partial charge in [-0.15, -0.1) is 0 Å². The van der Waals surface area contributed by atoms with Gasteiger partial charge in [0.1, 0.15) is 5.75 Å². The number of halogens is 2. The third kappa shape index (κ3) is 4.54. The van der Waals surface area contributed by atoms with Crippen LogP contribution in [0.25, 0.3) is 6.08 Å². The molecule has 0 aliphatic rings. The number of hydrogen-bond acceptors (Lipinski definition) is 2. The highest BCUT2D eigenvalue weighted by Crippen LogP contribution is 2.15. The Balaban J connectivity index is 2.57. The van der Waals surface area contributed by atoms with Crippen molar-refractivity contribution in [3.8, 4) is 5.75 Å². The highest BCUT2D eigenvalue weighted by atomic mass is 19.3. The standard InChI is InChI=1S/C11H10F2O3/c12-11(13)16-9-6-4-8(5-7-9)2-1-3-10(14)15/h1-2,4-7,11H,3H2,(H,14,15). The number of rotatable bonds is 5. The average Bonchev–Trinajstić information content (AvgIpc) is 2.19. The Hall–Kier alpha value is -1.91. The van der Waals surface area contributed by atoms with Crippen LogP contribution in [0.15, 0.2) is 30.3 Å². The Labute approximate surface area is 91.0 Å². The van der Waals surface area contributed by atoms with Crippen LogP contribution in [-0.2, 0) is 4.79 Å². The van der Waals surface area contributed by atoms with E-state index >= 15 is 0 Å². The Morgan fingerprint density at radius 3 is 2.50 bits per heavy atom. The molecule has 0 saturated heterocycles. The summed E-state index contributed by atoms with van der Waals surface area (Å²) in [6.45, 7) is -2.84. The summed E-state index contributed by atoms with van der Waals surface area (Å²) in [6.07, 6.45) is 3.00. The van der Waals surface area contributed by atoms with Crippen molar-refractivity contribution in [1.29, 1.82) is 0 Å². The van der Waals surface area contributed by atoms with Crippen LogP contribution in [0.5, 0.6) is 5.75 Å². The van der Waals surface area contributed by atoms with E-state index in [1.54, 1.807) is 18.2 Å². The van der Waals surface area contributed by atoms with Gasteiger partial charge in [-0.1, -0.05) is 24.3 Å². The second-order valence-corrected chi connectivity index (χ2v) is 2.95. The monoisotopic (exact) mass is 228 g/mol. The molecule has 0 aromatic heterocycles. The van der Waals surface area contributed by atoms with Gasteiger partial charge in [0.05, 0.1) is 6.42 Å². The van der Waals surface area contributed by atoms with E-state index in [0.29, 0.717) is 0 Å². The molecule has 0 heterocycles. The van der Waals surface area contributed by atoms with E-state index in [4.69, 9.17) is 5.11 Å². The van der Waals surface area contributed by atoms with E-state index in [1.165, 1.54) is 18.2 Å². The molecule has 5 heteroatoms. The van der Waals surface area contributed by atoms with E-state index in [2.05, 4.69) is 4.74 Å². The lowest BCUT2D eigenvalue weighted by molar-refractivity contribution is -0.135. The van der Waals surface area contributed by atoms with Crippen molar-refractivity contribution in [3.05, 3.63) is 35.9 Å². The third-order valence-electron chi connectivity index (χ3n) is 1.71. The van der Waals surface area contributed by atoms with Crippen LogP contribution in [-0.4, -0.2) is 17.7 Å². The fourth-order valence-electron chi connectivity index (χ4n) is 1.06. The van der Waals surface area contributed by atoms with Gasteiger partial charge in [0.2, 0.25) is 0 Å². The molecule has 1 aromatic rings. The lowest BCUT2D eigenvalue weighted by Gasteiger charge is -2.03. The number of hydrogen-bond donors (Lipinski definition) is 1. The number of carbonyl (C=O) groups is 1. The molecule has 1 N–H and O–H groups in total. The zero-order valence-corrected chi connectivity index (χ0v) is 8.27. The minimum atomic E-state index is -2.84. The minimum Gasteiger partial charge on any atom is -0.481 e. The van der Waals surface area contributed by atoms with Crippen molar-refractivity contribution in [3.63, 3.8) is 0 Å². The Bertz CT molecular complexity index is 371. The van der Waals surface area contributed by atoms with Crippen molar-refractivity contribution in [2.75, 3.05) is 0 Å². The third-order valence-corrected chi connectivity index (χ3v) is 1.71. The summed E-state index contributed by atoms with van der Waals surface area (Å²) >= 11 is 0. The van der Waals surface area contributed by atoms with Gasteiger partial charge < -0.3 is 9.84 Å². The van der Waals surface area contributed by atoms with Crippen molar-refractivity contribution in [2.45, 2.75) is 13.0 Å². The van der Waals surface area contributed by atoms with E-state index in [0.717, 1.165) is 5.56 Å². The molecular formula is C11H10F2O3. The lowest BCUT2D eigenvalue weighted by Crippen LogP contribution is -2.01. The predicted octanol–water partition coefficient (Wildman–Crippen LogP) is 2.78. The summed E-state index contributed by atoms with van der Waals surface area (Å²) in [6, 6.07) is 5.92. The van der Waals surface area contributed by atoms with Crippen LogP contribution < -0.4 is 4.74 Å². The van der Waals surface area contributed by atoms with Gasteiger partial charge in [-0.3, -0.25) is 4.79 Å². The van der Waals surface area contributed by atoms with Crippen LogP contribution >= 0.6 is 0 Å². The number of ether oxygens (including phenoxy) is 1. The molecule has 1 aromatic carbocycles. The van der Waals surface area contributed by atoms with Gasteiger partial charge in [-0.2, -0.15) is 8.78 Å². The first kappa shape index (κ1) is 12.2. The molecule has 1 rings (SSSR count). The van der Waals surface area contributed by atoms with E-state index in [-0.39, 0.29) is 12.2 Å². The summed E-state index contributed by atoms with van der Waals surface area (Å²) in [7, 11) is 0. The zero-order chi connectivity index (χ0) is 12.0. The number of carboxylic acid groups (broad SMARTS) is 1. The van der Waals surface area contributed by atoms with E-state index < -0.39 is 12.6 Å². The number of carboxylic acids is 1. The maximum atomic E-state index is 11.8. The van der Waals surface area contributed by atoms with Crippen molar-refractivity contribution in [1.82, 2.24) is 0 Å². The first-order valence-corrected chi connectivity index (χ1v) is 4.51. The fourth-order valence-corrected chi connectivity index (χ4v) is 1.06. The predicted molar refractivity (Wildman–Crippen MR) is 54.4 cm³/mol. The molecular weight excluding hydrogens is 218 g/mol. The van der Waals surface area contributed by atoms with Gasteiger partial charge in [-0.25, -0.2) is 0 Å². The first-order valence-electron chi connectivity index (χ1n) is 4.51. The molecule has 3 nitrogen and oxygen atoms in total. The summed E-state index contributed by atoms with van der Waals surface area (Å²) in [5, 5.41) is 8.38.